The molecular formula is C12H12N4O4. The Bertz CT molecular complexity index is 693. The third-order valence-electron chi connectivity index (χ3n) is 2.84. The molecule has 0 fully saturated rings. The number of nitro groups is 1. The summed E-state index contributed by atoms with van der Waals surface area (Å²) in [6.45, 7) is 1.62. The second kappa shape index (κ2) is 5.00. The molecule has 1 heterocycles. The second-order valence-electron chi connectivity index (χ2n) is 4.19. The van der Waals surface area contributed by atoms with E-state index in [4.69, 9.17) is 5.11 Å². The molecule has 104 valence electrons. The number of rotatable bonds is 4. The quantitative estimate of drug-likeness (QED) is 0.653. The van der Waals surface area contributed by atoms with E-state index in [9.17, 15) is 14.9 Å². The fourth-order valence-electron chi connectivity index (χ4n) is 1.87. The van der Waals surface area contributed by atoms with Crippen molar-refractivity contribution < 1.29 is 14.8 Å². The van der Waals surface area contributed by atoms with Crippen molar-refractivity contribution in [2.24, 2.45) is 7.05 Å². The lowest BCUT2D eigenvalue weighted by atomic mass is 10.1. The number of aryl methyl sites for hydroxylation is 2. The Morgan fingerprint density at radius 3 is 2.80 bits per heavy atom. The summed E-state index contributed by atoms with van der Waals surface area (Å²) >= 11 is 0. The van der Waals surface area contributed by atoms with Gasteiger partial charge in [-0.3, -0.25) is 14.8 Å². The van der Waals surface area contributed by atoms with E-state index < -0.39 is 10.9 Å². The van der Waals surface area contributed by atoms with Crippen LogP contribution in [0.15, 0.2) is 24.4 Å². The Hall–Kier alpha value is -2.90. The zero-order valence-electron chi connectivity index (χ0n) is 10.8. The first-order valence-corrected chi connectivity index (χ1v) is 5.68. The van der Waals surface area contributed by atoms with Crippen molar-refractivity contribution in [1.29, 1.82) is 0 Å². The van der Waals surface area contributed by atoms with Crippen molar-refractivity contribution in [2.45, 2.75) is 6.92 Å². The molecule has 0 unspecified atom stereocenters. The SMILES string of the molecule is Cc1cccc(Nc2c(C(=O)O)cnn2C)c1[N+](=O)[O-]. The molecular weight excluding hydrogens is 264 g/mol. The highest BCUT2D eigenvalue weighted by molar-refractivity contribution is 5.94. The zero-order valence-corrected chi connectivity index (χ0v) is 10.8. The Morgan fingerprint density at radius 1 is 1.50 bits per heavy atom. The minimum absolute atomic E-state index is 0.0525. The number of anilines is 2. The van der Waals surface area contributed by atoms with E-state index in [1.807, 2.05) is 0 Å². The molecule has 0 atom stereocenters. The van der Waals surface area contributed by atoms with Crippen LogP contribution >= 0.6 is 0 Å². The van der Waals surface area contributed by atoms with Gasteiger partial charge in [-0.2, -0.15) is 5.10 Å². The van der Waals surface area contributed by atoms with Crippen LogP contribution in [0.1, 0.15) is 15.9 Å². The van der Waals surface area contributed by atoms with Gasteiger partial charge >= 0.3 is 5.97 Å². The summed E-state index contributed by atoms with van der Waals surface area (Å²) < 4.78 is 1.31. The fourth-order valence-corrected chi connectivity index (χ4v) is 1.87. The number of benzene rings is 1. The van der Waals surface area contributed by atoms with Crippen LogP contribution in [0.4, 0.5) is 17.2 Å². The van der Waals surface area contributed by atoms with Crippen molar-refractivity contribution in [3.63, 3.8) is 0 Å². The van der Waals surface area contributed by atoms with Gasteiger partial charge in [-0.1, -0.05) is 12.1 Å². The van der Waals surface area contributed by atoms with E-state index >= 15 is 0 Å². The highest BCUT2D eigenvalue weighted by Crippen LogP contribution is 2.31. The molecule has 0 spiro atoms. The number of carboxylic acids is 1. The molecule has 0 radical (unpaired) electrons. The van der Waals surface area contributed by atoms with Crippen LogP contribution in [0.5, 0.6) is 0 Å². The van der Waals surface area contributed by atoms with Crippen LogP contribution in [-0.2, 0) is 7.05 Å². The first kappa shape index (κ1) is 13.5. The molecule has 2 rings (SSSR count). The predicted molar refractivity (Wildman–Crippen MR) is 71.3 cm³/mol. The molecule has 20 heavy (non-hydrogen) atoms. The second-order valence-corrected chi connectivity index (χ2v) is 4.19. The molecule has 0 aliphatic heterocycles. The number of aromatic carboxylic acids is 1. The molecule has 0 aliphatic rings. The van der Waals surface area contributed by atoms with Gasteiger partial charge in [-0.05, 0) is 13.0 Å². The lowest BCUT2D eigenvalue weighted by Gasteiger charge is -2.09. The lowest BCUT2D eigenvalue weighted by Crippen LogP contribution is -2.06. The molecule has 0 aliphatic carbocycles. The number of para-hydroxylation sites is 1. The third kappa shape index (κ3) is 2.30. The van der Waals surface area contributed by atoms with Gasteiger partial charge < -0.3 is 10.4 Å². The molecule has 1 aromatic carbocycles. The summed E-state index contributed by atoms with van der Waals surface area (Å²) in [4.78, 5) is 21.7. The lowest BCUT2D eigenvalue weighted by molar-refractivity contribution is -0.384. The number of aromatic nitrogens is 2. The molecule has 2 aromatic rings. The molecule has 1 aromatic heterocycles. The number of carbonyl (C=O) groups is 1. The van der Waals surface area contributed by atoms with Crippen LogP contribution in [0, 0.1) is 17.0 Å². The van der Waals surface area contributed by atoms with E-state index in [0.717, 1.165) is 0 Å². The van der Waals surface area contributed by atoms with Crippen LogP contribution in [0.3, 0.4) is 0 Å². The van der Waals surface area contributed by atoms with Crippen molar-refractivity contribution >= 4 is 23.2 Å². The first-order chi connectivity index (χ1) is 9.41. The van der Waals surface area contributed by atoms with Crippen LogP contribution in [-0.4, -0.2) is 25.8 Å². The smallest absolute Gasteiger partial charge is 0.341 e. The van der Waals surface area contributed by atoms with Gasteiger partial charge in [0.15, 0.2) is 0 Å². The topological polar surface area (TPSA) is 110 Å². The Balaban J connectivity index is 2.51. The number of carboxylic acid groups (broad SMARTS) is 1. The predicted octanol–water partition coefficient (Wildman–Crippen LogP) is 2.08. The maximum absolute atomic E-state index is 11.1. The fraction of sp³-hybridized carbons (Fsp3) is 0.167. The molecule has 0 amide bonds. The summed E-state index contributed by atoms with van der Waals surface area (Å²) in [6.07, 6.45) is 1.19. The van der Waals surface area contributed by atoms with Gasteiger partial charge in [0, 0.05) is 12.6 Å². The van der Waals surface area contributed by atoms with E-state index in [0.29, 0.717) is 5.56 Å². The van der Waals surface area contributed by atoms with E-state index in [1.165, 1.54) is 16.9 Å². The van der Waals surface area contributed by atoms with Gasteiger partial charge in [0.25, 0.3) is 5.69 Å². The van der Waals surface area contributed by atoms with Crippen molar-refractivity contribution in [3.8, 4) is 0 Å². The van der Waals surface area contributed by atoms with Crippen LogP contribution in [0.2, 0.25) is 0 Å². The molecule has 0 saturated heterocycles. The van der Waals surface area contributed by atoms with Crippen LogP contribution in [0.25, 0.3) is 0 Å². The van der Waals surface area contributed by atoms with Gasteiger partial charge in [0.2, 0.25) is 0 Å². The summed E-state index contributed by atoms with van der Waals surface area (Å²) in [5.41, 5.74) is 0.563. The molecule has 0 bridgehead atoms. The minimum Gasteiger partial charge on any atom is -0.477 e. The van der Waals surface area contributed by atoms with Gasteiger partial charge in [0.1, 0.15) is 17.1 Å². The molecule has 2 N–H and O–H groups in total. The summed E-state index contributed by atoms with van der Waals surface area (Å²) in [5.74, 6) is -0.970. The van der Waals surface area contributed by atoms with E-state index in [-0.39, 0.29) is 22.8 Å². The van der Waals surface area contributed by atoms with Crippen LogP contribution < -0.4 is 5.32 Å². The molecule has 0 saturated carbocycles. The average molecular weight is 276 g/mol. The van der Waals surface area contributed by atoms with Gasteiger partial charge in [0.05, 0.1) is 11.1 Å². The summed E-state index contributed by atoms with van der Waals surface area (Å²) in [6, 6.07) is 4.79. The number of nitrogens with zero attached hydrogens (tertiary/aromatic N) is 3. The highest BCUT2D eigenvalue weighted by atomic mass is 16.6. The number of nitrogens with one attached hydrogen (secondary N) is 1. The summed E-state index contributed by atoms with van der Waals surface area (Å²) in [7, 11) is 1.55. The number of nitro benzene ring substituents is 1. The zero-order chi connectivity index (χ0) is 14.9. The Morgan fingerprint density at radius 2 is 2.20 bits per heavy atom. The Kier molecular flexibility index (Phi) is 3.38. The monoisotopic (exact) mass is 276 g/mol. The standard InChI is InChI=1S/C12H12N4O4/c1-7-4-3-5-9(10(7)16(19)20)14-11-8(12(17)18)6-13-15(11)2/h3-6,14H,1-2H3,(H,17,18). The number of hydrogen-bond donors (Lipinski definition) is 2. The van der Waals surface area contributed by atoms with Crippen molar-refractivity contribution in [3.05, 3.63) is 45.6 Å². The first-order valence-electron chi connectivity index (χ1n) is 5.68. The van der Waals surface area contributed by atoms with Gasteiger partial charge in [-0.25, -0.2) is 4.79 Å². The number of hydrogen-bond acceptors (Lipinski definition) is 5. The minimum atomic E-state index is -1.16. The summed E-state index contributed by atoms with van der Waals surface area (Å²) in [5, 5.41) is 26.8. The van der Waals surface area contributed by atoms with Crippen molar-refractivity contribution in [1.82, 2.24) is 9.78 Å². The highest BCUT2D eigenvalue weighted by Gasteiger charge is 2.21. The molecule has 8 heteroatoms. The largest absolute Gasteiger partial charge is 0.477 e. The third-order valence-corrected chi connectivity index (χ3v) is 2.84. The van der Waals surface area contributed by atoms with Gasteiger partial charge in [-0.15, -0.1) is 0 Å². The van der Waals surface area contributed by atoms with E-state index in [1.54, 1.807) is 26.1 Å². The maximum atomic E-state index is 11.1. The van der Waals surface area contributed by atoms with E-state index in [2.05, 4.69) is 10.4 Å². The average Bonchev–Trinajstić information content (AvgIpc) is 2.71. The maximum Gasteiger partial charge on any atom is 0.341 e. The Labute approximate surface area is 113 Å². The van der Waals surface area contributed by atoms with Crippen molar-refractivity contribution in [2.75, 3.05) is 5.32 Å². The normalized spacial score (nSPS) is 10.3. The molecule has 8 nitrogen and oxygen atoms in total.